The fraction of sp³-hybridized carbons (Fsp3) is 0.467. The van der Waals surface area contributed by atoms with E-state index in [4.69, 9.17) is 23.2 Å². The molecule has 1 unspecified atom stereocenters. The number of nitrogens with one attached hydrogen (secondary N) is 1. The van der Waals surface area contributed by atoms with E-state index >= 15 is 0 Å². The molecule has 114 valence electrons. The number of hydrogen-bond donors (Lipinski definition) is 1. The van der Waals surface area contributed by atoms with Crippen LogP contribution >= 0.6 is 23.2 Å². The molecule has 1 aromatic heterocycles. The van der Waals surface area contributed by atoms with Crippen molar-refractivity contribution in [1.82, 2.24) is 20.3 Å². The maximum absolute atomic E-state index is 6.10. The molecule has 0 aliphatic rings. The molecule has 0 saturated carbocycles. The lowest BCUT2D eigenvalue weighted by Crippen LogP contribution is -2.25. The summed E-state index contributed by atoms with van der Waals surface area (Å²) >= 11 is 12.1. The van der Waals surface area contributed by atoms with Gasteiger partial charge in [0.25, 0.3) is 0 Å². The molecule has 1 atom stereocenters. The van der Waals surface area contributed by atoms with Crippen LogP contribution in [0.1, 0.15) is 37.6 Å². The van der Waals surface area contributed by atoms with Gasteiger partial charge in [-0.05, 0) is 37.1 Å². The van der Waals surface area contributed by atoms with Crippen LogP contribution in [-0.4, -0.2) is 21.5 Å². The zero-order valence-corrected chi connectivity index (χ0v) is 13.8. The standard InChI is InChI=1S/C15H20Cl2N4/c1-3-7-21-15(10-19-20-21)14(18-4-2)9-11-5-6-12(16)13(17)8-11/h5-6,8,10,14,18H,3-4,7,9H2,1-2H3. The van der Waals surface area contributed by atoms with Gasteiger partial charge in [0.1, 0.15) is 0 Å². The Labute approximate surface area is 135 Å². The molecule has 2 rings (SSSR count). The highest BCUT2D eigenvalue weighted by Gasteiger charge is 2.17. The third-order valence-corrected chi connectivity index (χ3v) is 4.05. The van der Waals surface area contributed by atoms with Crippen molar-refractivity contribution in [2.45, 2.75) is 39.3 Å². The van der Waals surface area contributed by atoms with E-state index in [1.54, 1.807) is 0 Å². The Balaban J connectivity index is 2.22. The van der Waals surface area contributed by atoms with Crippen LogP contribution in [0.3, 0.4) is 0 Å². The van der Waals surface area contributed by atoms with Crippen molar-refractivity contribution in [3.8, 4) is 0 Å². The van der Waals surface area contributed by atoms with Crippen LogP contribution in [0.15, 0.2) is 24.4 Å². The van der Waals surface area contributed by atoms with Gasteiger partial charge in [-0.2, -0.15) is 0 Å². The number of halogens is 2. The van der Waals surface area contributed by atoms with Crippen LogP contribution < -0.4 is 5.32 Å². The molecular formula is C15H20Cl2N4. The van der Waals surface area contributed by atoms with Crippen molar-refractivity contribution in [3.05, 3.63) is 45.7 Å². The summed E-state index contributed by atoms with van der Waals surface area (Å²) in [5.41, 5.74) is 2.24. The molecule has 21 heavy (non-hydrogen) atoms. The van der Waals surface area contributed by atoms with Crippen molar-refractivity contribution in [3.63, 3.8) is 0 Å². The van der Waals surface area contributed by atoms with E-state index in [0.29, 0.717) is 10.0 Å². The molecular weight excluding hydrogens is 307 g/mol. The molecule has 2 aromatic rings. The normalized spacial score (nSPS) is 12.6. The van der Waals surface area contributed by atoms with Gasteiger partial charge in [-0.3, -0.25) is 0 Å². The third kappa shape index (κ3) is 4.19. The average Bonchev–Trinajstić information content (AvgIpc) is 2.91. The molecule has 1 aromatic carbocycles. The van der Waals surface area contributed by atoms with E-state index in [-0.39, 0.29) is 6.04 Å². The molecule has 1 heterocycles. The average molecular weight is 327 g/mol. The highest BCUT2D eigenvalue weighted by molar-refractivity contribution is 6.42. The summed E-state index contributed by atoms with van der Waals surface area (Å²) in [6, 6.07) is 5.92. The molecule has 6 heteroatoms. The summed E-state index contributed by atoms with van der Waals surface area (Å²) in [6.45, 7) is 5.98. The molecule has 0 aliphatic heterocycles. The van der Waals surface area contributed by atoms with Crippen molar-refractivity contribution < 1.29 is 0 Å². The molecule has 0 fully saturated rings. The number of likely N-dealkylation sites (N-methyl/N-ethyl adjacent to an activating group) is 1. The largest absolute Gasteiger partial charge is 0.309 e. The van der Waals surface area contributed by atoms with Gasteiger partial charge in [0.2, 0.25) is 0 Å². The summed E-state index contributed by atoms with van der Waals surface area (Å²) in [5.74, 6) is 0. The fourth-order valence-corrected chi connectivity index (χ4v) is 2.67. The molecule has 4 nitrogen and oxygen atoms in total. The van der Waals surface area contributed by atoms with Crippen molar-refractivity contribution in [1.29, 1.82) is 0 Å². The summed E-state index contributed by atoms with van der Waals surface area (Å²) < 4.78 is 1.96. The Hall–Kier alpha value is -1.10. The number of benzene rings is 1. The van der Waals surface area contributed by atoms with Gasteiger partial charge >= 0.3 is 0 Å². The number of rotatable bonds is 7. The van der Waals surface area contributed by atoms with Crippen LogP contribution in [0.5, 0.6) is 0 Å². The summed E-state index contributed by atoms with van der Waals surface area (Å²) in [5, 5.41) is 12.9. The van der Waals surface area contributed by atoms with Crippen LogP contribution in [0.25, 0.3) is 0 Å². The van der Waals surface area contributed by atoms with Crippen LogP contribution in [0, 0.1) is 0 Å². The lowest BCUT2D eigenvalue weighted by molar-refractivity contribution is 0.474. The first kappa shape index (κ1) is 16.3. The minimum absolute atomic E-state index is 0.161. The summed E-state index contributed by atoms with van der Waals surface area (Å²) in [4.78, 5) is 0. The van der Waals surface area contributed by atoms with E-state index in [2.05, 4.69) is 29.5 Å². The van der Waals surface area contributed by atoms with Gasteiger partial charge in [0, 0.05) is 6.54 Å². The molecule has 0 amide bonds. The van der Waals surface area contributed by atoms with Crippen molar-refractivity contribution in [2.24, 2.45) is 0 Å². The van der Waals surface area contributed by atoms with Gasteiger partial charge in [-0.15, -0.1) is 5.10 Å². The van der Waals surface area contributed by atoms with Gasteiger partial charge in [-0.1, -0.05) is 48.3 Å². The van der Waals surface area contributed by atoms with E-state index in [1.807, 2.05) is 29.1 Å². The summed E-state index contributed by atoms with van der Waals surface area (Å²) in [6.07, 6.45) is 3.68. The van der Waals surface area contributed by atoms with Crippen LogP contribution in [0.4, 0.5) is 0 Å². The maximum atomic E-state index is 6.10. The predicted molar refractivity (Wildman–Crippen MR) is 86.9 cm³/mol. The first-order valence-corrected chi connectivity index (χ1v) is 7.97. The Kier molecular flexibility index (Phi) is 6.03. The smallest absolute Gasteiger partial charge is 0.0759 e. The monoisotopic (exact) mass is 326 g/mol. The second kappa shape index (κ2) is 7.78. The summed E-state index contributed by atoms with van der Waals surface area (Å²) in [7, 11) is 0. The number of nitrogens with zero attached hydrogens (tertiary/aromatic N) is 3. The number of aromatic nitrogens is 3. The van der Waals surface area contributed by atoms with Crippen molar-refractivity contribution in [2.75, 3.05) is 6.54 Å². The molecule has 0 radical (unpaired) electrons. The lowest BCUT2D eigenvalue weighted by atomic mass is 10.0. The molecule has 0 bridgehead atoms. The molecule has 0 saturated heterocycles. The first-order chi connectivity index (χ1) is 10.2. The van der Waals surface area contributed by atoms with Crippen LogP contribution in [0.2, 0.25) is 10.0 Å². The number of hydrogen-bond acceptors (Lipinski definition) is 3. The van der Waals surface area contributed by atoms with Crippen LogP contribution in [-0.2, 0) is 13.0 Å². The van der Waals surface area contributed by atoms with E-state index in [1.165, 1.54) is 0 Å². The quantitative estimate of drug-likeness (QED) is 0.839. The molecule has 0 aliphatic carbocycles. The highest BCUT2D eigenvalue weighted by Crippen LogP contribution is 2.25. The Morgan fingerprint density at radius 3 is 2.71 bits per heavy atom. The van der Waals surface area contributed by atoms with Gasteiger partial charge in [0.05, 0.1) is 28.0 Å². The molecule has 1 N–H and O–H groups in total. The van der Waals surface area contributed by atoms with Gasteiger partial charge < -0.3 is 5.32 Å². The zero-order chi connectivity index (χ0) is 15.2. The first-order valence-electron chi connectivity index (χ1n) is 7.21. The molecule has 0 spiro atoms. The number of aryl methyl sites for hydroxylation is 1. The van der Waals surface area contributed by atoms with E-state index in [0.717, 1.165) is 37.2 Å². The minimum Gasteiger partial charge on any atom is -0.309 e. The fourth-order valence-electron chi connectivity index (χ4n) is 2.35. The lowest BCUT2D eigenvalue weighted by Gasteiger charge is -2.19. The third-order valence-electron chi connectivity index (χ3n) is 3.31. The second-order valence-electron chi connectivity index (χ2n) is 4.94. The Bertz CT molecular complexity index is 583. The van der Waals surface area contributed by atoms with Gasteiger partial charge in [-0.25, -0.2) is 4.68 Å². The second-order valence-corrected chi connectivity index (χ2v) is 5.76. The van der Waals surface area contributed by atoms with E-state index < -0.39 is 0 Å². The van der Waals surface area contributed by atoms with Crippen molar-refractivity contribution >= 4 is 23.2 Å². The Morgan fingerprint density at radius 1 is 1.24 bits per heavy atom. The zero-order valence-electron chi connectivity index (χ0n) is 12.3. The van der Waals surface area contributed by atoms with Gasteiger partial charge in [0.15, 0.2) is 0 Å². The SMILES string of the molecule is CCCn1nncc1C(Cc1ccc(Cl)c(Cl)c1)NCC. The maximum Gasteiger partial charge on any atom is 0.0759 e. The highest BCUT2D eigenvalue weighted by atomic mass is 35.5. The Morgan fingerprint density at radius 2 is 2.05 bits per heavy atom. The van der Waals surface area contributed by atoms with E-state index in [9.17, 15) is 0 Å². The predicted octanol–water partition coefficient (Wildman–Crippen LogP) is 3.89. The minimum atomic E-state index is 0.161. The topological polar surface area (TPSA) is 42.7 Å².